The van der Waals surface area contributed by atoms with Crippen LogP contribution in [0.25, 0.3) is 0 Å². The Bertz CT molecular complexity index is 455. The average molecular weight is 248 g/mol. The molecule has 1 aliphatic carbocycles. The Morgan fingerprint density at radius 1 is 1.50 bits per heavy atom. The molecular formula is C13H16N2O3. The lowest BCUT2D eigenvalue weighted by Gasteiger charge is -2.21. The molecule has 5 heteroatoms. The molecule has 1 saturated carbocycles. The summed E-state index contributed by atoms with van der Waals surface area (Å²) in [4.78, 5) is 29.4. The molecule has 2 rings (SSSR count). The number of pyridine rings is 1. The van der Waals surface area contributed by atoms with Gasteiger partial charge in [-0.1, -0.05) is 6.07 Å². The molecule has 96 valence electrons. The molecule has 0 saturated heterocycles. The molecule has 1 fully saturated rings. The number of hydrogen-bond donors (Lipinski definition) is 0. The summed E-state index contributed by atoms with van der Waals surface area (Å²) in [5, 5.41) is 0. The number of nitrogens with zero attached hydrogens (tertiary/aromatic N) is 2. The number of methoxy groups -OCH3 is 1. The number of carbonyl (C=O) groups excluding carboxylic acids is 2. The highest BCUT2D eigenvalue weighted by atomic mass is 16.5. The molecule has 0 bridgehead atoms. The SMILES string of the molecule is COC(=O)C1(C(=O)N(C)Cc2cccnc2)CC1. The van der Waals surface area contributed by atoms with Gasteiger partial charge in [0.15, 0.2) is 0 Å². The van der Waals surface area contributed by atoms with Gasteiger partial charge in [0, 0.05) is 26.0 Å². The maximum absolute atomic E-state index is 12.2. The standard InChI is InChI=1S/C13H16N2O3/c1-15(9-10-4-3-7-14-8-10)11(16)13(5-6-13)12(17)18-2/h3-4,7-8H,5-6,9H2,1-2H3. The molecule has 0 atom stereocenters. The summed E-state index contributed by atoms with van der Waals surface area (Å²) >= 11 is 0. The normalized spacial score (nSPS) is 15.9. The van der Waals surface area contributed by atoms with Crippen LogP contribution >= 0.6 is 0 Å². The third-order valence-corrected chi connectivity index (χ3v) is 3.22. The molecular weight excluding hydrogens is 232 g/mol. The van der Waals surface area contributed by atoms with Crippen molar-refractivity contribution in [3.63, 3.8) is 0 Å². The molecule has 0 unspecified atom stereocenters. The van der Waals surface area contributed by atoms with Crippen molar-refractivity contribution in [2.75, 3.05) is 14.2 Å². The molecule has 1 aromatic rings. The lowest BCUT2D eigenvalue weighted by atomic mass is 10.1. The predicted molar refractivity (Wildman–Crippen MR) is 64.4 cm³/mol. The quantitative estimate of drug-likeness (QED) is 0.589. The minimum absolute atomic E-state index is 0.168. The number of esters is 1. The molecule has 0 aliphatic heterocycles. The van der Waals surface area contributed by atoms with Gasteiger partial charge < -0.3 is 9.64 Å². The van der Waals surface area contributed by atoms with Crippen LogP contribution in [-0.2, 0) is 20.9 Å². The Morgan fingerprint density at radius 2 is 2.22 bits per heavy atom. The van der Waals surface area contributed by atoms with E-state index in [9.17, 15) is 9.59 Å². The van der Waals surface area contributed by atoms with Crippen molar-refractivity contribution < 1.29 is 14.3 Å². The summed E-state index contributed by atoms with van der Waals surface area (Å²) in [6.07, 6.45) is 4.55. The second-order valence-electron chi connectivity index (χ2n) is 4.60. The Hall–Kier alpha value is -1.91. The summed E-state index contributed by atoms with van der Waals surface area (Å²) in [6, 6.07) is 3.72. The summed E-state index contributed by atoms with van der Waals surface area (Å²) in [6.45, 7) is 0.450. The highest BCUT2D eigenvalue weighted by Gasteiger charge is 2.58. The van der Waals surface area contributed by atoms with Crippen molar-refractivity contribution in [3.05, 3.63) is 30.1 Å². The van der Waals surface area contributed by atoms with Crippen LogP contribution in [0.1, 0.15) is 18.4 Å². The molecule has 0 N–H and O–H groups in total. The Kier molecular flexibility index (Phi) is 3.32. The third kappa shape index (κ3) is 2.20. The number of carbonyl (C=O) groups is 2. The van der Waals surface area contributed by atoms with E-state index in [2.05, 4.69) is 4.98 Å². The minimum Gasteiger partial charge on any atom is -0.468 e. The van der Waals surface area contributed by atoms with Crippen molar-refractivity contribution in [2.24, 2.45) is 5.41 Å². The number of ether oxygens (including phenoxy) is 1. The topological polar surface area (TPSA) is 59.5 Å². The van der Waals surface area contributed by atoms with Crippen molar-refractivity contribution in [2.45, 2.75) is 19.4 Å². The zero-order chi connectivity index (χ0) is 13.2. The Morgan fingerprint density at radius 3 is 2.72 bits per heavy atom. The van der Waals surface area contributed by atoms with Crippen LogP contribution in [0.5, 0.6) is 0 Å². The first-order valence-electron chi connectivity index (χ1n) is 5.83. The van der Waals surface area contributed by atoms with Crippen LogP contribution < -0.4 is 0 Å². The minimum atomic E-state index is -0.925. The van der Waals surface area contributed by atoms with Crippen LogP contribution in [0, 0.1) is 5.41 Å². The van der Waals surface area contributed by atoms with Crippen LogP contribution in [-0.4, -0.2) is 35.9 Å². The van der Waals surface area contributed by atoms with Crippen molar-refractivity contribution in [1.29, 1.82) is 0 Å². The van der Waals surface area contributed by atoms with Crippen molar-refractivity contribution >= 4 is 11.9 Å². The van der Waals surface area contributed by atoms with Crippen LogP contribution in [0.3, 0.4) is 0 Å². The van der Waals surface area contributed by atoms with E-state index in [1.54, 1.807) is 24.3 Å². The zero-order valence-corrected chi connectivity index (χ0v) is 10.5. The molecule has 1 aromatic heterocycles. The third-order valence-electron chi connectivity index (χ3n) is 3.22. The monoisotopic (exact) mass is 248 g/mol. The number of rotatable bonds is 4. The van der Waals surface area contributed by atoms with Gasteiger partial charge in [-0.25, -0.2) is 0 Å². The van der Waals surface area contributed by atoms with Gasteiger partial charge in [0.2, 0.25) is 5.91 Å². The van der Waals surface area contributed by atoms with E-state index in [0.717, 1.165) is 5.56 Å². The summed E-state index contributed by atoms with van der Waals surface area (Å²) < 4.78 is 4.70. The van der Waals surface area contributed by atoms with E-state index >= 15 is 0 Å². The highest BCUT2D eigenvalue weighted by Crippen LogP contribution is 2.48. The van der Waals surface area contributed by atoms with Gasteiger partial charge in [0.05, 0.1) is 7.11 Å². The van der Waals surface area contributed by atoms with E-state index in [4.69, 9.17) is 4.74 Å². The predicted octanol–water partition coefficient (Wildman–Crippen LogP) is 0.993. The molecule has 0 aromatic carbocycles. The summed E-state index contributed by atoms with van der Waals surface area (Å²) in [5.74, 6) is -0.594. The lowest BCUT2D eigenvalue weighted by Crippen LogP contribution is -2.38. The van der Waals surface area contributed by atoms with Crippen LogP contribution in [0.4, 0.5) is 0 Å². The molecule has 18 heavy (non-hydrogen) atoms. The van der Waals surface area contributed by atoms with Gasteiger partial charge >= 0.3 is 5.97 Å². The van der Waals surface area contributed by atoms with Crippen LogP contribution in [0.2, 0.25) is 0 Å². The summed E-state index contributed by atoms with van der Waals surface area (Å²) in [7, 11) is 3.01. The summed E-state index contributed by atoms with van der Waals surface area (Å²) in [5.41, 5.74) is 0.0140. The maximum Gasteiger partial charge on any atom is 0.321 e. The second-order valence-corrected chi connectivity index (χ2v) is 4.60. The molecule has 0 spiro atoms. The number of aromatic nitrogens is 1. The van der Waals surface area contributed by atoms with E-state index in [1.165, 1.54) is 7.11 Å². The molecule has 1 heterocycles. The van der Waals surface area contributed by atoms with Gasteiger partial charge in [0.25, 0.3) is 0 Å². The van der Waals surface area contributed by atoms with Crippen LogP contribution in [0.15, 0.2) is 24.5 Å². The fourth-order valence-electron chi connectivity index (χ4n) is 2.03. The van der Waals surface area contributed by atoms with E-state index in [1.807, 2.05) is 12.1 Å². The Labute approximate surface area is 106 Å². The van der Waals surface area contributed by atoms with E-state index in [-0.39, 0.29) is 5.91 Å². The first-order valence-corrected chi connectivity index (χ1v) is 5.83. The van der Waals surface area contributed by atoms with Gasteiger partial charge in [0.1, 0.15) is 5.41 Å². The molecule has 5 nitrogen and oxygen atoms in total. The smallest absolute Gasteiger partial charge is 0.321 e. The lowest BCUT2D eigenvalue weighted by molar-refractivity contribution is -0.155. The van der Waals surface area contributed by atoms with Gasteiger partial charge in [-0.05, 0) is 24.5 Å². The average Bonchev–Trinajstić information content (AvgIpc) is 3.19. The number of amides is 1. The van der Waals surface area contributed by atoms with Crippen molar-refractivity contribution in [1.82, 2.24) is 9.88 Å². The second kappa shape index (κ2) is 4.76. The molecule has 0 radical (unpaired) electrons. The fraction of sp³-hybridized carbons (Fsp3) is 0.462. The van der Waals surface area contributed by atoms with Gasteiger partial charge in [-0.3, -0.25) is 14.6 Å². The van der Waals surface area contributed by atoms with E-state index < -0.39 is 11.4 Å². The maximum atomic E-state index is 12.2. The zero-order valence-electron chi connectivity index (χ0n) is 10.5. The molecule has 1 aliphatic rings. The Balaban J connectivity index is 2.04. The number of hydrogen-bond acceptors (Lipinski definition) is 4. The highest BCUT2D eigenvalue weighted by molar-refractivity contribution is 6.05. The largest absolute Gasteiger partial charge is 0.468 e. The van der Waals surface area contributed by atoms with Gasteiger partial charge in [-0.15, -0.1) is 0 Å². The van der Waals surface area contributed by atoms with Crippen molar-refractivity contribution in [3.8, 4) is 0 Å². The molecule has 1 amide bonds. The fourth-order valence-corrected chi connectivity index (χ4v) is 2.03. The van der Waals surface area contributed by atoms with E-state index in [0.29, 0.717) is 19.4 Å². The first kappa shape index (κ1) is 12.5. The van der Waals surface area contributed by atoms with Gasteiger partial charge in [-0.2, -0.15) is 0 Å². The first-order chi connectivity index (χ1) is 8.60.